The second kappa shape index (κ2) is 5.39. The summed E-state index contributed by atoms with van der Waals surface area (Å²) < 4.78 is 4.77. The number of hydrogen-bond donors (Lipinski definition) is 1. The van der Waals surface area contributed by atoms with Crippen LogP contribution in [-0.4, -0.2) is 18.9 Å². The fraction of sp³-hybridized carbons (Fsp3) is 0.333. The fourth-order valence-electron chi connectivity index (χ4n) is 2.72. The molecule has 1 heterocycles. The number of rotatable bonds is 1. The van der Waals surface area contributed by atoms with Crippen molar-refractivity contribution in [2.45, 2.75) is 18.2 Å². The van der Waals surface area contributed by atoms with Crippen molar-refractivity contribution in [3.63, 3.8) is 0 Å². The summed E-state index contributed by atoms with van der Waals surface area (Å²) >= 11 is 7.37. The molecule has 0 spiro atoms. The zero-order valence-electron chi connectivity index (χ0n) is 11.6. The second-order valence-electron chi connectivity index (χ2n) is 5.22. The molecule has 1 aliphatic heterocycles. The molecular weight excluding hydrogens is 310 g/mol. The minimum Gasteiger partial charge on any atom is -0.468 e. The average molecular weight is 324 g/mol. The molecule has 0 bridgehead atoms. The fourth-order valence-corrected chi connectivity index (χ4v) is 4.08. The van der Waals surface area contributed by atoms with Gasteiger partial charge in [0.1, 0.15) is 5.92 Å². The number of hydrogen-bond acceptors (Lipinski definition) is 5. The maximum atomic E-state index is 12.6. The molecule has 6 heteroatoms. The molecule has 21 heavy (non-hydrogen) atoms. The highest BCUT2D eigenvalue weighted by atomic mass is 35.5. The summed E-state index contributed by atoms with van der Waals surface area (Å²) in [4.78, 5) is 25.9. The SMILES string of the molecule is COC(=O)C1C(=O)C2=C(CC1C)Nc1ccc(Cl)cc1S2. The van der Waals surface area contributed by atoms with Gasteiger partial charge in [0.05, 0.1) is 17.7 Å². The Labute approximate surface area is 131 Å². The van der Waals surface area contributed by atoms with E-state index >= 15 is 0 Å². The van der Waals surface area contributed by atoms with Crippen molar-refractivity contribution < 1.29 is 14.3 Å². The molecule has 110 valence electrons. The van der Waals surface area contributed by atoms with Crippen LogP contribution in [-0.2, 0) is 14.3 Å². The first-order valence-corrected chi connectivity index (χ1v) is 7.80. The van der Waals surface area contributed by atoms with E-state index in [-0.39, 0.29) is 11.7 Å². The normalized spacial score (nSPS) is 24.0. The van der Waals surface area contributed by atoms with Crippen LogP contribution >= 0.6 is 23.4 Å². The third kappa shape index (κ3) is 2.45. The number of anilines is 1. The number of carbonyl (C=O) groups is 2. The van der Waals surface area contributed by atoms with E-state index in [4.69, 9.17) is 16.3 Å². The molecule has 2 unspecified atom stereocenters. The molecule has 0 radical (unpaired) electrons. The van der Waals surface area contributed by atoms with Crippen LogP contribution in [0.25, 0.3) is 0 Å². The minimum atomic E-state index is -0.719. The summed E-state index contributed by atoms with van der Waals surface area (Å²) in [5.41, 5.74) is 1.83. The van der Waals surface area contributed by atoms with Crippen LogP contribution in [0.3, 0.4) is 0 Å². The van der Waals surface area contributed by atoms with Crippen LogP contribution in [0.1, 0.15) is 13.3 Å². The van der Waals surface area contributed by atoms with Gasteiger partial charge in [0, 0.05) is 15.6 Å². The van der Waals surface area contributed by atoms with Gasteiger partial charge >= 0.3 is 5.97 Å². The van der Waals surface area contributed by atoms with E-state index in [2.05, 4.69) is 5.32 Å². The molecule has 0 saturated carbocycles. The summed E-state index contributed by atoms with van der Waals surface area (Å²) in [5, 5.41) is 3.91. The zero-order chi connectivity index (χ0) is 15.1. The van der Waals surface area contributed by atoms with Gasteiger partial charge in [-0.25, -0.2) is 0 Å². The Bertz CT molecular complexity index is 671. The summed E-state index contributed by atoms with van der Waals surface area (Å²) in [5.74, 6) is -1.43. The van der Waals surface area contributed by atoms with Crippen molar-refractivity contribution in [1.82, 2.24) is 0 Å². The molecule has 3 rings (SSSR count). The van der Waals surface area contributed by atoms with Crippen molar-refractivity contribution in [2.24, 2.45) is 11.8 Å². The highest BCUT2D eigenvalue weighted by molar-refractivity contribution is 8.04. The van der Waals surface area contributed by atoms with Gasteiger partial charge in [-0.3, -0.25) is 9.59 Å². The number of methoxy groups -OCH3 is 1. The predicted octanol–water partition coefficient (Wildman–Crippen LogP) is 3.47. The first-order valence-electron chi connectivity index (χ1n) is 6.61. The first-order chi connectivity index (χ1) is 10.0. The van der Waals surface area contributed by atoms with Crippen LogP contribution in [0.15, 0.2) is 33.7 Å². The molecule has 1 aromatic carbocycles. The van der Waals surface area contributed by atoms with Gasteiger partial charge in [-0.05, 0) is 30.5 Å². The van der Waals surface area contributed by atoms with E-state index in [0.717, 1.165) is 16.3 Å². The topological polar surface area (TPSA) is 55.4 Å². The van der Waals surface area contributed by atoms with Crippen LogP contribution in [0.5, 0.6) is 0 Å². The number of esters is 1. The van der Waals surface area contributed by atoms with Crippen molar-refractivity contribution in [2.75, 3.05) is 12.4 Å². The maximum Gasteiger partial charge on any atom is 0.316 e. The Hall–Kier alpha value is -1.46. The molecule has 1 aliphatic carbocycles. The molecule has 0 amide bonds. The summed E-state index contributed by atoms with van der Waals surface area (Å²) in [7, 11) is 1.31. The van der Waals surface area contributed by atoms with Crippen molar-refractivity contribution in [3.05, 3.63) is 33.8 Å². The third-order valence-electron chi connectivity index (χ3n) is 3.77. The van der Waals surface area contributed by atoms with Crippen LogP contribution in [0, 0.1) is 11.8 Å². The Kier molecular flexibility index (Phi) is 3.71. The number of benzene rings is 1. The molecule has 1 N–H and O–H groups in total. The number of ether oxygens (including phenoxy) is 1. The van der Waals surface area contributed by atoms with Gasteiger partial charge in [0.15, 0.2) is 5.78 Å². The summed E-state index contributed by atoms with van der Waals surface area (Å²) in [6, 6.07) is 5.53. The van der Waals surface area contributed by atoms with E-state index in [0.29, 0.717) is 16.3 Å². The Morgan fingerprint density at radius 3 is 2.95 bits per heavy atom. The highest BCUT2D eigenvalue weighted by Crippen LogP contribution is 2.47. The number of thioether (sulfide) groups is 1. The smallest absolute Gasteiger partial charge is 0.316 e. The Balaban J connectivity index is 1.97. The lowest BCUT2D eigenvalue weighted by atomic mass is 9.81. The van der Waals surface area contributed by atoms with Gasteiger partial charge in [0.25, 0.3) is 0 Å². The van der Waals surface area contributed by atoms with E-state index < -0.39 is 11.9 Å². The number of carbonyl (C=O) groups excluding carboxylic acids is 2. The van der Waals surface area contributed by atoms with E-state index in [9.17, 15) is 9.59 Å². The zero-order valence-corrected chi connectivity index (χ0v) is 13.2. The number of nitrogens with one attached hydrogen (secondary N) is 1. The third-order valence-corrected chi connectivity index (χ3v) is 5.22. The molecular formula is C15H14ClNO3S. The summed E-state index contributed by atoms with van der Waals surface area (Å²) in [6.07, 6.45) is 0.649. The molecule has 2 atom stereocenters. The monoisotopic (exact) mass is 323 g/mol. The number of halogens is 1. The van der Waals surface area contributed by atoms with E-state index in [1.807, 2.05) is 25.1 Å². The quantitative estimate of drug-likeness (QED) is 0.633. The van der Waals surface area contributed by atoms with E-state index in [1.54, 1.807) is 0 Å². The molecule has 1 aromatic rings. The lowest BCUT2D eigenvalue weighted by molar-refractivity contribution is -0.150. The largest absolute Gasteiger partial charge is 0.468 e. The van der Waals surface area contributed by atoms with Crippen molar-refractivity contribution in [3.8, 4) is 0 Å². The number of Topliss-reactive ketones (excluding diaryl/α,β-unsaturated/α-hetero) is 1. The summed E-state index contributed by atoms with van der Waals surface area (Å²) in [6.45, 7) is 1.90. The maximum absolute atomic E-state index is 12.6. The van der Waals surface area contributed by atoms with Crippen LogP contribution in [0.4, 0.5) is 5.69 Å². The van der Waals surface area contributed by atoms with E-state index in [1.165, 1.54) is 18.9 Å². The molecule has 0 aromatic heterocycles. The second-order valence-corrected chi connectivity index (χ2v) is 6.71. The predicted molar refractivity (Wildman–Crippen MR) is 82.3 cm³/mol. The molecule has 0 saturated heterocycles. The number of ketones is 1. The first kappa shape index (κ1) is 14.5. The van der Waals surface area contributed by atoms with Crippen LogP contribution in [0.2, 0.25) is 5.02 Å². The molecule has 2 aliphatic rings. The number of allylic oxidation sites excluding steroid dienone is 2. The highest BCUT2D eigenvalue weighted by Gasteiger charge is 2.42. The van der Waals surface area contributed by atoms with Gasteiger partial charge in [0.2, 0.25) is 0 Å². The minimum absolute atomic E-state index is 0.0781. The van der Waals surface area contributed by atoms with Crippen molar-refractivity contribution in [1.29, 1.82) is 0 Å². The number of fused-ring (bicyclic) bond motifs is 1. The lowest BCUT2D eigenvalue weighted by Crippen LogP contribution is -2.37. The average Bonchev–Trinajstić information content (AvgIpc) is 2.45. The van der Waals surface area contributed by atoms with Gasteiger partial charge in [-0.2, -0.15) is 0 Å². The van der Waals surface area contributed by atoms with Crippen LogP contribution < -0.4 is 5.32 Å². The van der Waals surface area contributed by atoms with Crippen molar-refractivity contribution >= 4 is 40.8 Å². The van der Waals surface area contributed by atoms with Gasteiger partial charge in [-0.1, -0.05) is 30.3 Å². The van der Waals surface area contributed by atoms with Gasteiger partial charge < -0.3 is 10.1 Å². The van der Waals surface area contributed by atoms with Gasteiger partial charge in [-0.15, -0.1) is 0 Å². The lowest BCUT2D eigenvalue weighted by Gasteiger charge is -2.33. The molecule has 4 nitrogen and oxygen atoms in total. The standard InChI is InChI=1S/C15H14ClNO3S/c1-7-5-10-14(13(18)12(7)15(19)20-2)21-11-6-8(16)3-4-9(11)17-10/h3-4,6-7,12,17H,5H2,1-2H3. The Morgan fingerprint density at radius 1 is 1.48 bits per heavy atom. The molecule has 0 fully saturated rings. The Morgan fingerprint density at radius 2 is 2.24 bits per heavy atom.